The van der Waals surface area contributed by atoms with Crippen molar-refractivity contribution in [2.45, 2.75) is 32.2 Å². The minimum atomic E-state index is -1.05. The molecule has 0 radical (unpaired) electrons. The Morgan fingerprint density at radius 3 is 2.71 bits per heavy atom. The molecule has 0 aliphatic carbocycles. The summed E-state index contributed by atoms with van der Waals surface area (Å²) in [5, 5.41) is 0. The first-order valence-electron chi connectivity index (χ1n) is 6.18. The molecule has 0 aromatic rings. The number of hydrogen-bond donors (Lipinski definition) is 1. The molecule has 2 N–H and O–H groups in total. The molecular formula is C12H23NO4. The van der Waals surface area contributed by atoms with Crippen molar-refractivity contribution in [1.82, 2.24) is 0 Å². The molecular weight excluding hydrogens is 222 g/mol. The highest BCUT2D eigenvalue weighted by Crippen LogP contribution is 2.15. The van der Waals surface area contributed by atoms with Gasteiger partial charge in [0.1, 0.15) is 5.54 Å². The van der Waals surface area contributed by atoms with Crippen LogP contribution in [-0.4, -0.2) is 44.5 Å². The highest BCUT2D eigenvalue weighted by atomic mass is 16.5. The second kappa shape index (κ2) is 6.93. The average molecular weight is 245 g/mol. The topological polar surface area (TPSA) is 70.8 Å². The zero-order valence-corrected chi connectivity index (χ0v) is 10.7. The minimum Gasteiger partial charge on any atom is -0.465 e. The lowest BCUT2D eigenvalue weighted by Crippen LogP contribution is -2.50. The first kappa shape index (κ1) is 14.4. The Kier molecular flexibility index (Phi) is 5.88. The number of esters is 1. The molecule has 1 rings (SSSR count). The molecule has 0 bridgehead atoms. The number of carbonyl (C=O) groups is 1. The average Bonchev–Trinajstić information content (AvgIpc) is 2.30. The van der Waals surface area contributed by atoms with Crippen LogP contribution in [0.2, 0.25) is 0 Å². The van der Waals surface area contributed by atoms with Gasteiger partial charge in [0.2, 0.25) is 0 Å². The van der Waals surface area contributed by atoms with Gasteiger partial charge in [-0.2, -0.15) is 0 Å². The molecule has 0 saturated carbocycles. The summed E-state index contributed by atoms with van der Waals surface area (Å²) in [4.78, 5) is 11.5. The van der Waals surface area contributed by atoms with Crippen LogP contribution in [0.4, 0.5) is 0 Å². The zero-order chi connectivity index (χ0) is 12.7. The van der Waals surface area contributed by atoms with Crippen molar-refractivity contribution >= 4 is 5.97 Å². The predicted octanol–water partition coefficient (Wildman–Crippen LogP) is 0.710. The first-order chi connectivity index (χ1) is 8.06. The Morgan fingerprint density at radius 2 is 2.12 bits per heavy atom. The lowest BCUT2D eigenvalue weighted by atomic mass is 10.0. The van der Waals surface area contributed by atoms with Gasteiger partial charge in [-0.3, -0.25) is 0 Å². The Morgan fingerprint density at radius 1 is 1.47 bits per heavy atom. The molecule has 1 aliphatic rings. The van der Waals surface area contributed by atoms with Crippen LogP contribution in [0, 0.1) is 5.92 Å². The van der Waals surface area contributed by atoms with E-state index in [4.69, 9.17) is 19.9 Å². The molecule has 0 aromatic heterocycles. The van der Waals surface area contributed by atoms with Gasteiger partial charge in [0, 0.05) is 19.8 Å². The maximum atomic E-state index is 11.5. The van der Waals surface area contributed by atoms with Crippen molar-refractivity contribution in [2.24, 2.45) is 11.7 Å². The van der Waals surface area contributed by atoms with Gasteiger partial charge >= 0.3 is 5.97 Å². The summed E-state index contributed by atoms with van der Waals surface area (Å²) in [6, 6.07) is 0. The van der Waals surface area contributed by atoms with Crippen molar-refractivity contribution in [1.29, 1.82) is 0 Å². The van der Waals surface area contributed by atoms with Crippen LogP contribution < -0.4 is 5.73 Å². The van der Waals surface area contributed by atoms with Gasteiger partial charge < -0.3 is 19.9 Å². The molecule has 17 heavy (non-hydrogen) atoms. The van der Waals surface area contributed by atoms with E-state index in [0.717, 1.165) is 26.1 Å². The standard InChI is InChI=1S/C12H23NO4/c1-3-17-11(14)12(2,13)9-16-8-10-4-6-15-7-5-10/h10H,3-9,13H2,1-2H3. The summed E-state index contributed by atoms with van der Waals surface area (Å²) in [5.74, 6) is 0.105. The second-order valence-electron chi connectivity index (χ2n) is 4.71. The molecule has 1 heterocycles. The summed E-state index contributed by atoms with van der Waals surface area (Å²) in [7, 11) is 0. The van der Waals surface area contributed by atoms with E-state index in [-0.39, 0.29) is 6.61 Å². The third kappa shape index (κ3) is 5.02. The van der Waals surface area contributed by atoms with Crippen molar-refractivity contribution in [2.75, 3.05) is 33.0 Å². The largest absolute Gasteiger partial charge is 0.465 e. The number of hydrogen-bond acceptors (Lipinski definition) is 5. The Bertz CT molecular complexity index is 237. The summed E-state index contributed by atoms with van der Waals surface area (Å²) in [5.41, 5.74) is 4.78. The lowest BCUT2D eigenvalue weighted by Gasteiger charge is -2.25. The van der Waals surface area contributed by atoms with Crippen LogP contribution >= 0.6 is 0 Å². The Balaban J connectivity index is 2.21. The number of ether oxygens (including phenoxy) is 3. The van der Waals surface area contributed by atoms with Crippen LogP contribution in [0.3, 0.4) is 0 Å². The molecule has 1 atom stereocenters. The molecule has 0 amide bonds. The maximum Gasteiger partial charge on any atom is 0.328 e. The third-order valence-electron chi connectivity index (χ3n) is 2.84. The van der Waals surface area contributed by atoms with Crippen LogP contribution in [-0.2, 0) is 19.0 Å². The molecule has 1 fully saturated rings. The van der Waals surface area contributed by atoms with E-state index in [9.17, 15) is 4.79 Å². The number of nitrogens with two attached hydrogens (primary N) is 1. The van der Waals surface area contributed by atoms with Crippen LogP contribution in [0.5, 0.6) is 0 Å². The van der Waals surface area contributed by atoms with Crippen LogP contribution in [0.25, 0.3) is 0 Å². The Labute approximate surface area is 103 Å². The minimum absolute atomic E-state index is 0.198. The van der Waals surface area contributed by atoms with Crippen molar-refractivity contribution < 1.29 is 19.0 Å². The zero-order valence-electron chi connectivity index (χ0n) is 10.7. The van der Waals surface area contributed by atoms with E-state index in [2.05, 4.69) is 0 Å². The molecule has 5 heteroatoms. The molecule has 1 saturated heterocycles. The highest BCUT2D eigenvalue weighted by molar-refractivity contribution is 5.80. The summed E-state index contributed by atoms with van der Waals surface area (Å²) in [6.45, 7) is 6.16. The van der Waals surface area contributed by atoms with Gasteiger partial charge in [-0.05, 0) is 32.6 Å². The van der Waals surface area contributed by atoms with Gasteiger partial charge in [-0.25, -0.2) is 4.79 Å². The van der Waals surface area contributed by atoms with Crippen LogP contribution in [0.15, 0.2) is 0 Å². The van der Waals surface area contributed by atoms with Gasteiger partial charge in [0.25, 0.3) is 0 Å². The van der Waals surface area contributed by atoms with Crippen molar-refractivity contribution in [3.05, 3.63) is 0 Å². The molecule has 1 aliphatic heterocycles. The number of rotatable bonds is 6. The fourth-order valence-corrected chi connectivity index (χ4v) is 1.71. The normalized spacial score (nSPS) is 20.9. The van der Waals surface area contributed by atoms with E-state index in [1.54, 1.807) is 13.8 Å². The predicted molar refractivity (Wildman–Crippen MR) is 63.6 cm³/mol. The van der Waals surface area contributed by atoms with E-state index >= 15 is 0 Å². The lowest BCUT2D eigenvalue weighted by molar-refractivity contribution is -0.151. The van der Waals surface area contributed by atoms with Gasteiger partial charge in [-0.1, -0.05) is 0 Å². The van der Waals surface area contributed by atoms with E-state index < -0.39 is 11.5 Å². The third-order valence-corrected chi connectivity index (χ3v) is 2.84. The van der Waals surface area contributed by atoms with Crippen molar-refractivity contribution in [3.8, 4) is 0 Å². The van der Waals surface area contributed by atoms with Gasteiger partial charge in [0.05, 0.1) is 13.2 Å². The first-order valence-corrected chi connectivity index (χ1v) is 6.18. The summed E-state index contributed by atoms with van der Waals surface area (Å²) in [6.07, 6.45) is 2.03. The van der Waals surface area contributed by atoms with Crippen molar-refractivity contribution in [3.63, 3.8) is 0 Å². The fraction of sp³-hybridized carbons (Fsp3) is 0.917. The summed E-state index contributed by atoms with van der Waals surface area (Å²) >= 11 is 0. The number of carbonyl (C=O) groups excluding carboxylic acids is 1. The monoisotopic (exact) mass is 245 g/mol. The SMILES string of the molecule is CCOC(=O)C(C)(N)COCC1CCOCC1. The Hall–Kier alpha value is -0.650. The molecule has 0 aromatic carbocycles. The maximum absolute atomic E-state index is 11.5. The van der Waals surface area contributed by atoms with E-state index in [1.807, 2.05) is 0 Å². The van der Waals surface area contributed by atoms with Gasteiger partial charge in [0.15, 0.2) is 0 Å². The molecule has 0 spiro atoms. The quantitative estimate of drug-likeness (QED) is 0.698. The highest BCUT2D eigenvalue weighted by Gasteiger charge is 2.30. The second-order valence-corrected chi connectivity index (χ2v) is 4.71. The van der Waals surface area contributed by atoms with Crippen LogP contribution in [0.1, 0.15) is 26.7 Å². The molecule has 5 nitrogen and oxygen atoms in total. The summed E-state index contributed by atoms with van der Waals surface area (Å²) < 4.78 is 15.7. The molecule has 100 valence electrons. The van der Waals surface area contributed by atoms with Gasteiger partial charge in [-0.15, -0.1) is 0 Å². The fourth-order valence-electron chi connectivity index (χ4n) is 1.71. The van der Waals surface area contributed by atoms with E-state index in [1.165, 1.54) is 0 Å². The smallest absolute Gasteiger partial charge is 0.328 e. The van der Waals surface area contributed by atoms with E-state index in [0.29, 0.717) is 19.1 Å². The molecule has 1 unspecified atom stereocenters.